The lowest BCUT2D eigenvalue weighted by molar-refractivity contribution is -0.112. The summed E-state index contributed by atoms with van der Waals surface area (Å²) in [5.41, 5.74) is 3.51. The molecule has 0 bridgehead atoms. The van der Waals surface area contributed by atoms with Gasteiger partial charge in [-0.3, -0.25) is 9.78 Å². The first-order valence-corrected chi connectivity index (χ1v) is 10.4. The zero-order chi connectivity index (χ0) is 23.0. The number of ether oxygens (including phenoxy) is 1. The summed E-state index contributed by atoms with van der Waals surface area (Å²) in [6.45, 7) is 2.46. The highest BCUT2D eigenvalue weighted by molar-refractivity contribution is 6.10. The third kappa shape index (κ3) is 5.14. The van der Waals surface area contributed by atoms with Crippen molar-refractivity contribution in [3.63, 3.8) is 0 Å². The van der Waals surface area contributed by atoms with Gasteiger partial charge in [0.05, 0.1) is 12.3 Å². The number of hydrogen-bond donors (Lipinski definition) is 1. The Bertz CT molecular complexity index is 1300. The SMILES string of the molecule is CCOc1ccc(NC(=O)/C(C#N)=C\c2cn(-c3ccccc3)nc2-c2ccncc2)cc1. The van der Waals surface area contributed by atoms with Crippen LogP contribution in [0.15, 0.2) is 90.9 Å². The van der Waals surface area contributed by atoms with Gasteiger partial charge in [0.2, 0.25) is 0 Å². The van der Waals surface area contributed by atoms with Crippen LogP contribution in [0.25, 0.3) is 23.0 Å². The lowest BCUT2D eigenvalue weighted by atomic mass is 10.1. The number of carbonyl (C=O) groups excluding carboxylic acids is 1. The molecule has 2 heterocycles. The first kappa shape index (κ1) is 21.5. The Balaban J connectivity index is 1.67. The van der Waals surface area contributed by atoms with Crippen LogP contribution in [0.2, 0.25) is 0 Å². The minimum atomic E-state index is -0.505. The molecular formula is C26H21N5O2. The average molecular weight is 435 g/mol. The fourth-order valence-corrected chi connectivity index (χ4v) is 3.24. The maximum Gasteiger partial charge on any atom is 0.266 e. The van der Waals surface area contributed by atoms with E-state index in [2.05, 4.69) is 10.3 Å². The summed E-state index contributed by atoms with van der Waals surface area (Å²) in [6.07, 6.45) is 6.70. The van der Waals surface area contributed by atoms with Crippen LogP contribution in [0.3, 0.4) is 0 Å². The molecule has 33 heavy (non-hydrogen) atoms. The summed E-state index contributed by atoms with van der Waals surface area (Å²) in [7, 11) is 0. The van der Waals surface area contributed by atoms with E-state index in [1.807, 2.05) is 55.5 Å². The number of pyridine rings is 1. The number of benzene rings is 2. The zero-order valence-corrected chi connectivity index (χ0v) is 18.0. The van der Waals surface area contributed by atoms with Gasteiger partial charge in [0.15, 0.2) is 0 Å². The molecule has 0 aliphatic heterocycles. The van der Waals surface area contributed by atoms with Crippen molar-refractivity contribution in [1.29, 1.82) is 5.26 Å². The molecule has 1 N–H and O–H groups in total. The molecule has 0 spiro atoms. The second kappa shape index (κ2) is 10.1. The van der Waals surface area contributed by atoms with Gasteiger partial charge in [0.1, 0.15) is 23.1 Å². The summed E-state index contributed by atoms with van der Waals surface area (Å²) >= 11 is 0. The topological polar surface area (TPSA) is 92.8 Å². The molecule has 0 saturated carbocycles. The van der Waals surface area contributed by atoms with Crippen LogP contribution in [0.4, 0.5) is 5.69 Å². The van der Waals surface area contributed by atoms with E-state index in [0.717, 1.165) is 11.3 Å². The van der Waals surface area contributed by atoms with E-state index in [4.69, 9.17) is 9.84 Å². The van der Waals surface area contributed by atoms with Crippen molar-refractivity contribution in [2.75, 3.05) is 11.9 Å². The van der Waals surface area contributed by atoms with Crippen LogP contribution in [-0.4, -0.2) is 27.3 Å². The molecule has 0 radical (unpaired) electrons. The van der Waals surface area contributed by atoms with Crippen molar-refractivity contribution < 1.29 is 9.53 Å². The Kier molecular flexibility index (Phi) is 6.57. The summed E-state index contributed by atoms with van der Waals surface area (Å²) in [6, 6.07) is 22.3. The Morgan fingerprint density at radius 3 is 2.48 bits per heavy atom. The van der Waals surface area contributed by atoms with Gasteiger partial charge in [0, 0.05) is 35.4 Å². The molecule has 2 aromatic carbocycles. The van der Waals surface area contributed by atoms with Crippen molar-refractivity contribution >= 4 is 17.7 Å². The molecule has 4 rings (SSSR count). The number of nitriles is 1. The molecule has 7 heteroatoms. The van der Waals surface area contributed by atoms with E-state index < -0.39 is 5.91 Å². The molecule has 0 fully saturated rings. The van der Waals surface area contributed by atoms with Gasteiger partial charge < -0.3 is 10.1 Å². The van der Waals surface area contributed by atoms with Crippen molar-refractivity contribution in [3.05, 3.63) is 96.5 Å². The second-order valence-electron chi connectivity index (χ2n) is 7.03. The summed E-state index contributed by atoms with van der Waals surface area (Å²) in [5, 5.41) is 17.2. The molecule has 2 aromatic heterocycles. The van der Waals surface area contributed by atoms with Gasteiger partial charge in [0.25, 0.3) is 5.91 Å². The van der Waals surface area contributed by atoms with Crippen molar-refractivity contribution in [3.8, 4) is 28.8 Å². The van der Waals surface area contributed by atoms with Crippen LogP contribution >= 0.6 is 0 Å². The molecule has 4 aromatic rings. The molecule has 0 saturated heterocycles. The summed E-state index contributed by atoms with van der Waals surface area (Å²) in [4.78, 5) is 16.9. The van der Waals surface area contributed by atoms with E-state index in [1.54, 1.807) is 53.6 Å². The zero-order valence-electron chi connectivity index (χ0n) is 18.0. The molecule has 1 amide bonds. The predicted molar refractivity (Wildman–Crippen MR) is 127 cm³/mol. The van der Waals surface area contributed by atoms with Crippen LogP contribution < -0.4 is 10.1 Å². The Labute approximate surface area is 191 Å². The number of para-hydroxylation sites is 1. The minimum Gasteiger partial charge on any atom is -0.494 e. The fourth-order valence-electron chi connectivity index (χ4n) is 3.24. The third-order valence-corrected chi connectivity index (χ3v) is 4.81. The van der Waals surface area contributed by atoms with E-state index in [0.29, 0.717) is 29.3 Å². The summed E-state index contributed by atoms with van der Waals surface area (Å²) < 4.78 is 7.14. The lowest BCUT2D eigenvalue weighted by Gasteiger charge is -2.06. The maximum atomic E-state index is 12.8. The van der Waals surface area contributed by atoms with Gasteiger partial charge in [-0.25, -0.2) is 4.68 Å². The van der Waals surface area contributed by atoms with Gasteiger partial charge in [-0.15, -0.1) is 0 Å². The number of hydrogen-bond acceptors (Lipinski definition) is 5. The van der Waals surface area contributed by atoms with Gasteiger partial charge in [-0.05, 0) is 61.5 Å². The average Bonchev–Trinajstić information content (AvgIpc) is 3.29. The minimum absolute atomic E-state index is 0.0354. The molecule has 0 aliphatic carbocycles. The molecule has 162 valence electrons. The fraction of sp³-hybridized carbons (Fsp3) is 0.0769. The normalized spacial score (nSPS) is 11.0. The maximum absolute atomic E-state index is 12.8. The number of rotatable bonds is 7. The molecule has 7 nitrogen and oxygen atoms in total. The predicted octanol–water partition coefficient (Wildman–Crippen LogP) is 4.88. The smallest absolute Gasteiger partial charge is 0.266 e. The highest BCUT2D eigenvalue weighted by atomic mass is 16.5. The van der Waals surface area contributed by atoms with Crippen molar-refractivity contribution in [1.82, 2.24) is 14.8 Å². The number of nitrogens with zero attached hydrogens (tertiary/aromatic N) is 4. The van der Waals surface area contributed by atoms with E-state index >= 15 is 0 Å². The number of aromatic nitrogens is 3. The van der Waals surface area contributed by atoms with Gasteiger partial charge in [-0.2, -0.15) is 10.4 Å². The van der Waals surface area contributed by atoms with Crippen LogP contribution in [0.1, 0.15) is 12.5 Å². The number of amides is 1. The monoisotopic (exact) mass is 435 g/mol. The largest absolute Gasteiger partial charge is 0.494 e. The second-order valence-corrected chi connectivity index (χ2v) is 7.03. The molecular weight excluding hydrogens is 414 g/mol. The quantitative estimate of drug-likeness (QED) is 0.330. The molecule has 0 atom stereocenters. The molecule has 0 aliphatic rings. The first-order valence-electron chi connectivity index (χ1n) is 10.4. The van der Waals surface area contributed by atoms with Gasteiger partial charge in [-0.1, -0.05) is 18.2 Å². The van der Waals surface area contributed by atoms with E-state index in [9.17, 15) is 10.1 Å². The van der Waals surface area contributed by atoms with Crippen LogP contribution in [0, 0.1) is 11.3 Å². The third-order valence-electron chi connectivity index (χ3n) is 4.81. The van der Waals surface area contributed by atoms with Crippen LogP contribution in [-0.2, 0) is 4.79 Å². The highest BCUT2D eigenvalue weighted by Crippen LogP contribution is 2.26. The van der Waals surface area contributed by atoms with E-state index in [1.165, 1.54) is 0 Å². The number of carbonyl (C=O) groups is 1. The van der Waals surface area contributed by atoms with Crippen LogP contribution in [0.5, 0.6) is 5.75 Å². The van der Waals surface area contributed by atoms with Crippen molar-refractivity contribution in [2.45, 2.75) is 6.92 Å². The Hall–Kier alpha value is -4.70. The van der Waals surface area contributed by atoms with E-state index in [-0.39, 0.29) is 5.57 Å². The van der Waals surface area contributed by atoms with Crippen molar-refractivity contribution in [2.24, 2.45) is 0 Å². The first-order chi connectivity index (χ1) is 16.2. The number of anilines is 1. The molecule has 0 unspecified atom stereocenters. The Morgan fingerprint density at radius 1 is 1.09 bits per heavy atom. The Morgan fingerprint density at radius 2 is 1.82 bits per heavy atom. The summed E-state index contributed by atoms with van der Waals surface area (Å²) in [5.74, 6) is 0.205. The number of nitrogens with one attached hydrogen (secondary N) is 1. The van der Waals surface area contributed by atoms with Gasteiger partial charge >= 0.3 is 0 Å². The lowest BCUT2D eigenvalue weighted by Crippen LogP contribution is -2.13. The highest BCUT2D eigenvalue weighted by Gasteiger charge is 2.15. The standard InChI is InChI=1S/C26H21N5O2/c1-2-33-24-10-8-22(9-11-24)29-26(32)20(17-27)16-21-18-31(23-6-4-3-5-7-23)30-25(21)19-12-14-28-15-13-19/h3-16,18H,2H2,1H3,(H,29,32)/b20-16-.